The number of aromatic nitrogens is 2. The van der Waals surface area contributed by atoms with E-state index in [9.17, 15) is 4.79 Å². The Balaban J connectivity index is 2.26. The van der Waals surface area contributed by atoms with Gasteiger partial charge < -0.3 is 15.2 Å². The Hall–Kier alpha value is -2.08. The van der Waals surface area contributed by atoms with Crippen molar-refractivity contribution in [3.8, 4) is 0 Å². The average molecular weight is 295 g/mol. The van der Waals surface area contributed by atoms with Crippen LogP contribution >= 0.6 is 11.6 Å². The minimum Gasteiger partial charge on any atom is -0.366 e. The van der Waals surface area contributed by atoms with Gasteiger partial charge in [-0.1, -0.05) is 16.8 Å². The van der Waals surface area contributed by atoms with E-state index in [0.717, 1.165) is 17.0 Å². The van der Waals surface area contributed by atoms with Crippen LogP contribution in [-0.2, 0) is 6.54 Å². The number of carbonyl (C=O) groups is 1. The first kappa shape index (κ1) is 14.3. The average Bonchev–Trinajstić information content (AvgIpc) is 2.70. The molecule has 0 fully saturated rings. The van der Waals surface area contributed by atoms with Crippen LogP contribution in [0.4, 0.5) is 5.82 Å². The third-order valence-corrected chi connectivity index (χ3v) is 3.32. The molecule has 0 aromatic carbocycles. The lowest BCUT2D eigenvalue weighted by Crippen LogP contribution is -2.20. The van der Waals surface area contributed by atoms with Gasteiger partial charge in [0, 0.05) is 25.4 Å². The van der Waals surface area contributed by atoms with Gasteiger partial charge in [0.15, 0.2) is 0 Å². The van der Waals surface area contributed by atoms with Gasteiger partial charge in [0.05, 0.1) is 16.3 Å². The minimum atomic E-state index is -0.556. The fraction of sp³-hybridized carbons (Fsp3) is 0.308. The van der Waals surface area contributed by atoms with E-state index < -0.39 is 5.91 Å². The fourth-order valence-corrected chi connectivity index (χ4v) is 2.20. The first-order valence-corrected chi connectivity index (χ1v) is 6.36. The number of halogens is 1. The quantitative estimate of drug-likeness (QED) is 0.933. The van der Waals surface area contributed by atoms with Gasteiger partial charge in [-0.15, -0.1) is 0 Å². The van der Waals surface area contributed by atoms with Crippen LogP contribution in [0.1, 0.15) is 27.4 Å². The zero-order valence-corrected chi connectivity index (χ0v) is 12.2. The summed E-state index contributed by atoms with van der Waals surface area (Å²) in [5.41, 5.74) is 7.29. The van der Waals surface area contributed by atoms with Crippen LogP contribution in [0, 0.1) is 13.8 Å². The molecule has 6 nitrogen and oxygen atoms in total. The zero-order valence-electron chi connectivity index (χ0n) is 11.5. The van der Waals surface area contributed by atoms with Crippen LogP contribution < -0.4 is 10.6 Å². The summed E-state index contributed by atoms with van der Waals surface area (Å²) in [6, 6.07) is 1.51. The molecule has 0 unspecified atom stereocenters. The Bertz CT molecular complexity index is 634. The molecular formula is C13H15ClN4O2. The number of nitrogens with two attached hydrogens (primary N) is 1. The highest BCUT2D eigenvalue weighted by atomic mass is 35.5. The molecule has 1 amide bonds. The summed E-state index contributed by atoms with van der Waals surface area (Å²) in [5, 5.41) is 4.28. The molecule has 0 aliphatic heterocycles. The SMILES string of the molecule is Cc1noc(C)c1CN(C)c1ncc(C(N)=O)cc1Cl. The smallest absolute Gasteiger partial charge is 0.250 e. The van der Waals surface area contributed by atoms with E-state index in [4.69, 9.17) is 21.9 Å². The number of anilines is 1. The first-order chi connectivity index (χ1) is 9.40. The second kappa shape index (κ2) is 5.50. The van der Waals surface area contributed by atoms with Crippen LogP contribution in [0.2, 0.25) is 5.02 Å². The van der Waals surface area contributed by atoms with Crippen LogP contribution in [-0.4, -0.2) is 23.1 Å². The van der Waals surface area contributed by atoms with Crippen molar-refractivity contribution in [1.29, 1.82) is 0 Å². The van der Waals surface area contributed by atoms with Crippen molar-refractivity contribution in [1.82, 2.24) is 10.1 Å². The van der Waals surface area contributed by atoms with Crippen molar-refractivity contribution in [2.45, 2.75) is 20.4 Å². The van der Waals surface area contributed by atoms with Crippen molar-refractivity contribution in [2.75, 3.05) is 11.9 Å². The summed E-state index contributed by atoms with van der Waals surface area (Å²) >= 11 is 6.14. The normalized spacial score (nSPS) is 10.6. The molecule has 0 radical (unpaired) electrons. The number of nitrogens with zero attached hydrogens (tertiary/aromatic N) is 3. The van der Waals surface area contributed by atoms with E-state index >= 15 is 0 Å². The van der Waals surface area contributed by atoms with E-state index in [1.54, 1.807) is 0 Å². The molecule has 0 atom stereocenters. The Morgan fingerprint density at radius 3 is 2.70 bits per heavy atom. The highest BCUT2D eigenvalue weighted by Crippen LogP contribution is 2.25. The summed E-state index contributed by atoms with van der Waals surface area (Å²) in [6.07, 6.45) is 1.41. The molecule has 0 saturated carbocycles. The minimum absolute atomic E-state index is 0.282. The number of rotatable bonds is 4. The summed E-state index contributed by atoms with van der Waals surface area (Å²) < 4.78 is 5.12. The largest absolute Gasteiger partial charge is 0.366 e. The van der Waals surface area contributed by atoms with Gasteiger partial charge in [-0.3, -0.25) is 4.79 Å². The van der Waals surface area contributed by atoms with Crippen LogP contribution in [0.3, 0.4) is 0 Å². The molecule has 0 saturated heterocycles. The maximum Gasteiger partial charge on any atom is 0.250 e. The number of aryl methyl sites for hydroxylation is 2. The van der Waals surface area contributed by atoms with Gasteiger partial charge in [0.2, 0.25) is 5.91 Å². The maximum atomic E-state index is 11.1. The summed E-state index contributed by atoms with van der Waals surface area (Å²) in [7, 11) is 1.85. The number of hydrogen-bond acceptors (Lipinski definition) is 5. The molecule has 2 rings (SSSR count). The summed E-state index contributed by atoms with van der Waals surface area (Å²) in [6.45, 7) is 4.29. The van der Waals surface area contributed by atoms with Crippen molar-refractivity contribution in [2.24, 2.45) is 5.73 Å². The third kappa shape index (κ3) is 2.75. The van der Waals surface area contributed by atoms with Crippen molar-refractivity contribution < 1.29 is 9.32 Å². The highest BCUT2D eigenvalue weighted by molar-refractivity contribution is 6.33. The Morgan fingerprint density at radius 2 is 2.20 bits per heavy atom. The maximum absolute atomic E-state index is 11.1. The highest BCUT2D eigenvalue weighted by Gasteiger charge is 2.15. The molecule has 0 spiro atoms. The van der Waals surface area contributed by atoms with Gasteiger partial charge in [0.25, 0.3) is 0 Å². The lowest BCUT2D eigenvalue weighted by molar-refractivity contribution is 0.1000. The predicted molar refractivity (Wildman–Crippen MR) is 75.8 cm³/mol. The monoisotopic (exact) mass is 294 g/mol. The van der Waals surface area contributed by atoms with Gasteiger partial charge in [-0.25, -0.2) is 4.98 Å². The van der Waals surface area contributed by atoms with Crippen molar-refractivity contribution in [3.05, 3.63) is 39.9 Å². The molecule has 106 valence electrons. The zero-order chi connectivity index (χ0) is 14.9. The topological polar surface area (TPSA) is 85.2 Å². The molecule has 0 bridgehead atoms. The Kier molecular flexibility index (Phi) is 3.94. The molecule has 2 N–H and O–H groups in total. The van der Waals surface area contributed by atoms with Gasteiger partial charge in [0.1, 0.15) is 11.6 Å². The second-order valence-corrected chi connectivity index (χ2v) is 4.96. The molecule has 2 heterocycles. The van der Waals surface area contributed by atoms with Gasteiger partial charge in [-0.2, -0.15) is 0 Å². The van der Waals surface area contributed by atoms with E-state index in [1.165, 1.54) is 12.3 Å². The van der Waals surface area contributed by atoms with Crippen LogP contribution in [0.25, 0.3) is 0 Å². The molecule has 0 aliphatic carbocycles. The molecule has 2 aromatic heterocycles. The van der Waals surface area contributed by atoms with Crippen molar-refractivity contribution in [3.63, 3.8) is 0 Å². The third-order valence-electron chi connectivity index (χ3n) is 3.04. The van der Waals surface area contributed by atoms with Gasteiger partial charge in [-0.05, 0) is 19.9 Å². The van der Waals surface area contributed by atoms with E-state index in [1.807, 2.05) is 25.8 Å². The molecular weight excluding hydrogens is 280 g/mol. The first-order valence-electron chi connectivity index (χ1n) is 5.98. The van der Waals surface area contributed by atoms with E-state index in [-0.39, 0.29) is 5.56 Å². The molecule has 2 aromatic rings. The predicted octanol–water partition coefficient (Wildman–Crippen LogP) is 2.08. The Morgan fingerprint density at radius 1 is 1.50 bits per heavy atom. The van der Waals surface area contributed by atoms with E-state index in [0.29, 0.717) is 17.4 Å². The van der Waals surface area contributed by atoms with Crippen LogP contribution in [0.5, 0.6) is 0 Å². The van der Waals surface area contributed by atoms with Crippen LogP contribution in [0.15, 0.2) is 16.8 Å². The number of carbonyl (C=O) groups excluding carboxylic acids is 1. The Labute approximate surface area is 121 Å². The van der Waals surface area contributed by atoms with E-state index in [2.05, 4.69) is 10.1 Å². The molecule has 7 heteroatoms. The molecule has 0 aliphatic rings. The lowest BCUT2D eigenvalue weighted by Gasteiger charge is -2.19. The standard InChI is InChI=1S/C13H15ClN4O2/c1-7-10(8(2)20-17-7)6-18(3)13-11(14)4-9(5-16-13)12(15)19/h4-5H,6H2,1-3H3,(H2,15,19). The number of hydrogen-bond donors (Lipinski definition) is 1. The van der Waals surface area contributed by atoms with Crippen molar-refractivity contribution >= 4 is 23.3 Å². The number of amides is 1. The number of primary amides is 1. The van der Waals surface area contributed by atoms with Gasteiger partial charge >= 0.3 is 0 Å². The fourth-order valence-electron chi connectivity index (χ4n) is 1.89. The lowest BCUT2D eigenvalue weighted by atomic mass is 10.2. The number of pyridine rings is 1. The summed E-state index contributed by atoms with van der Waals surface area (Å²) in [4.78, 5) is 17.1. The molecule has 20 heavy (non-hydrogen) atoms. The second-order valence-electron chi connectivity index (χ2n) is 4.55. The summed E-state index contributed by atoms with van der Waals surface area (Å²) in [5.74, 6) is 0.773.